The van der Waals surface area contributed by atoms with Crippen LogP contribution in [0.15, 0.2) is 24.4 Å². The summed E-state index contributed by atoms with van der Waals surface area (Å²) in [6.45, 7) is 9.55. The number of nitrogens with zero attached hydrogens (tertiary/aromatic N) is 2. The Morgan fingerprint density at radius 3 is 2.88 bits per heavy atom. The number of carbonyl (C=O) groups is 1. The van der Waals surface area contributed by atoms with Gasteiger partial charge in [-0.25, -0.2) is 4.79 Å². The molecule has 2 heterocycles. The van der Waals surface area contributed by atoms with Crippen LogP contribution >= 0.6 is 0 Å². The molecule has 1 amide bonds. The van der Waals surface area contributed by atoms with Gasteiger partial charge < -0.3 is 14.6 Å². The minimum absolute atomic E-state index is 0.0348. The van der Waals surface area contributed by atoms with Crippen LogP contribution in [0.5, 0.6) is 0 Å². The summed E-state index contributed by atoms with van der Waals surface area (Å²) >= 11 is 0. The van der Waals surface area contributed by atoms with Gasteiger partial charge in [-0.3, -0.25) is 9.88 Å². The molecular formula is C18H26N2O4. The largest absolute Gasteiger partial charge is 0.444 e. The third kappa shape index (κ3) is 4.55. The minimum Gasteiger partial charge on any atom is -0.444 e. The summed E-state index contributed by atoms with van der Waals surface area (Å²) in [6.07, 6.45) is 4.94. The molecule has 0 bridgehead atoms. The molecule has 1 N–H and O–H groups in total. The normalized spacial score (nSPS) is 20.6. The van der Waals surface area contributed by atoms with Crippen LogP contribution in [0, 0.1) is 0 Å². The summed E-state index contributed by atoms with van der Waals surface area (Å²) < 4.78 is 11.2. The number of hydrogen-bond acceptors (Lipinski definition) is 5. The highest BCUT2D eigenvalue weighted by atomic mass is 16.6. The molecule has 1 saturated heterocycles. The Balaban J connectivity index is 2.18. The van der Waals surface area contributed by atoms with E-state index in [0.29, 0.717) is 6.61 Å². The summed E-state index contributed by atoms with van der Waals surface area (Å²) in [7, 11) is 0. The first-order valence-corrected chi connectivity index (χ1v) is 8.03. The van der Waals surface area contributed by atoms with E-state index in [1.807, 2.05) is 46.8 Å². The van der Waals surface area contributed by atoms with Gasteiger partial charge in [-0.05, 0) is 58.4 Å². The molecule has 6 nitrogen and oxygen atoms in total. The average Bonchev–Trinajstić information content (AvgIpc) is 2.78. The lowest BCUT2D eigenvalue weighted by Gasteiger charge is -2.34. The summed E-state index contributed by atoms with van der Waals surface area (Å²) in [5, 5.41) is 9.19. The maximum atomic E-state index is 12.5. The van der Waals surface area contributed by atoms with Gasteiger partial charge in [-0.15, -0.1) is 0 Å². The van der Waals surface area contributed by atoms with Gasteiger partial charge in [0.15, 0.2) is 0 Å². The molecular weight excluding hydrogens is 308 g/mol. The Hall–Kier alpha value is -1.92. The summed E-state index contributed by atoms with van der Waals surface area (Å²) in [6, 6.07) is 3.32. The predicted octanol–water partition coefficient (Wildman–Crippen LogP) is 2.96. The number of pyridine rings is 1. The number of aliphatic hydroxyl groups excluding tert-OH is 1. The van der Waals surface area contributed by atoms with E-state index in [-0.39, 0.29) is 12.6 Å². The highest BCUT2D eigenvalue weighted by Gasteiger charge is 2.44. The number of rotatable bonds is 3. The van der Waals surface area contributed by atoms with E-state index >= 15 is 0 Å². The molecule has 24 heavy (non-hydrogen) atoms. The third-order valence-corrected chi connectivity index (χ3v) is 3.63. The predicted molar refractivity (Wildman–Crippen MR) is 91.1 cm³/mol. The number of aliphatic hydroxyl groups is 1. The molecule has 0 spiro atoms. The van der Waals surface area contributed by atoms with Crippen LogP contribution in [0.1, 0.15) is 45.9 Å². The molecule has 0 radical (unpaired) electrons. The van der Waals surface area contributed by atoms with Crippen molar-refractivity contribution in [3.63, 3.8) is 0 Å². The van der Waals surface area contributed by atoms with Crippen LogP contribution in [-0.4, -0.2) is 45.1 Å². The first kappa shape index (κ1) is 18.4. The minimum atomic E-state index is -0.738. The van der Waals surface area contributed by atoms with Gasteiger partial charge in [-0.1, -0.05) is 6.08 Å². The molecule has 1 fully saturated rings. The van der Waals surface area contributed by atoms with Crippen LogP contribution in [-0.2, 0) is 16.1 Å². The Bertz CT molecular complexity index is 620. The van der Waals surface area contributed by atoms with E-state index in [9.17, 15) is 9.90 Å². The summed E-state index contributed by atoms with van der Waals surface area (Å²) in [5.41, 5.74) is 0.200. The van der Waals surface area contributed by atoms with E-state index in [0.717, 1.165) is 11.3 Å². The lowest BCUT2D eigenvalue weighted by Crippen LogP contribution is -2.49. The molecule has 1 aliphatic rings. The maximum absolute atomic E-state index is 12.5. The lowest BCUT2D eigenvalue weighted by molar-refractivity contribution is -0.0610. The van der Waals surface area contributed by atoms with Crippen molar-refractivity contribution < 1.29 is 19.4 Å². The van der Waals surface area contributed by atoms with Crippen molar-refractivity contribution in [2.24, 2.45) is 0 Å². The zero-order chi connectivity index (χ0) is 18.0. The van der Waals surface area contributed by atoms with Crippen LogP contribution in [0.4, 0.5) is 4.79 Å². The van der Waals surface area contributed by atoms with Crippen molar-refractivity contribution in [3.05, 3.63) is 35.7 Å². The monoisotopic (exact) mass is 334 g/mol. The van der Waals surface area contributed by atoms with Crippen molar-refractivity contribution in [1.29, 1.82) is 0 Å². The molecule has 0 aromatic carbocycles. The fourth-order valence-corrected chi connectivity index (χ4v) is 2.53. The molecule has 1 aromatic rings. The molecule has 1 aromatic heterocycles. The Labute approximate surface area is 143 Å². The topological polar surface area (TPSA) is 71.9 Å². The van der Waals surface area contributed by atoms with E-state index in [4.69, 9.17) is 9.47 Å². The fourth-order valence-electron chi connectivity index (χ4n) is 2.53. The highest BCUT2D eigenvalue weighted by molar-refractivity contribution is 5.70. The van der Waals surface area contributed by atoms with E-state index < -0.39 is 17.4 Å². The number of hydrogen-bond donors (Lipinski definition) is 1. The number of carbonyl (C=O) groups excluding carboxylic acids is 1. The van der Waals surface area contributed by atoms with Crippen LogP contribution in [0.3, 0.4) is 0 Å². The zero-order valence-corrected chi connectivity index (χ0v) is 14.9. The van der Waals surface area contributed by atoms with Crippen molar-refractivity contribution in [2.45, 2.75) is 58.6 Å². The van der Waals surface area contributed by atoms with Crippen molar-refractivity contribution >= 4 is 12.2 Å². The highest BCUT2D eigenvalue weighted by Crippen LogP contribution is 2.30. The second kappa shape index (κ2) is 6.91. The number of amides is 1. The molecule has 0 unspecified atom stereocenters. The Morgan fingerprint density at radius 2 is 2.25 bits per heavy atom. The van der Waals surface area contributed by atoms with Crippen LogP contribution in [0.2, 0.25) is 0 Å². The molecule has 1 atom stereocenters. The lowest BCUT2D eigenvalue weighted by atomic mass is 10.1. The van der Waals surface area contributed by atoms with Crippen LogP contribution < -0.4 is 0 Å². The first-order chi connectivity index (χ1) is 11.1. The molecule has 6 heteroatoms. The van der Waals surface area contributed by atoms with E-state index in [2.05, 4.69) is 4.98 Å². The molecule has 0 aliphatic carbocycles. The second-order valence-corrected chi connectivity index (χ2v) is 7.28. The smallest absolute Gasteiger partial charge is 0.413 e. The third-order valence-electron chi connectivity index (χ3n) is 3.63. The van der Waals surface area contributed by atoms with E-state index in [1.54, 1.807) is 23.2 Å². The molecule has 0 saturated carbocycles. The number of ether oxygens (including phenoxy) is 2. The van der Waals surface area contributed by atoms with E-state index in [1.165, 1.54) is 0 Å². The molecule has 132 valence electrons. The van der Waals surface area contributed by atoms with Crippen LogP contribution in [0.25, 0.3) is 6.08 Å². The van der Waals surface area contributed by atoms with Gasteiger partial charge in [0.2, 0.25) is 0 Å². The first-order valence-electron chi connectivity index (χ1n) is 8.03. The van der Waals surface area contributed by atoms with Crippen molar-refractivity contribution in [1.82, 2.24) is 9.88 Å². The summed E-state index contributed by atoms with van der Waals surface area (Å²) in [5.74, 6) is 0. The average molecular weight is 334 g/mol. The van der Waals surface area contributed by atoms with Gasteiger partial charge in [0.05, 0.1) is 24.9 Å². The Morgan fingerprint density at radius 1 is 1.54 bits per heavy atom. The van der Waals surface area contributed by atoms with Gasteiger partial charge >= 0.3 is 6.09 Å². The summed E-state index contributed by atoms with van der Waals surface area (Å²) in [4.78, 5) is 18.4. The van der Waals surface area contributed by atoms with Crippen molar-refractivity contribution in [2.75, 3.05) is 6.61 Å². The second-order valence-electron chi connectivity index (χ2n) is 7.28. The standard InChI is InChI=1S/C18H26N2O4/c1-17(2,3)24-16(22)20-15(12-23-18(20,4)5)7-6-14-10-13(11-21)8-9-19-14/h6-10,15,21H,11-12H2,1-5H3/b7-6+/t15-/m0/s1. The quantitative estimate of drug-likeness (QED) is 0.920. The molecule has 2 rings (SSSR count). The molecule has 1 aliphatic heterocycles. The SMILES string of the molecule is CC(C)(C)OC(=O)N1[C@@H](/C=C/c2cc(CO)ccn2)COC1(C)C. The number of aromatic nitrogens is 1. The Kier molecular flexibility index (Phi) is 5.30. The van der Waals surface area contributed by atoms with Gasteiger partial charge in [0, 0.05) is 6.20 Å². The van der Waals surface area contributed by atoms with Gasteiger partial charge in [-0.2, -0.15) is 0 Å². The van der Waals surface area contributed by atoms with Gasteiger partial charge in [0.1, 0.15) is 11.3 Å². The zero-order valence-electron chi connectivity index (χ0n) is 14.9. The van der Waals surface area contributed by atoms with Gasteiger partial charge in [0.25, 0.3) is 0 Å². The fraction of sp³-hybridized carbons (Fsp3) is 0.556. The maximum Gasteiger partial charge on any atom is 0.413 e. The van der Waals surface area contributed by atoms with Crippen molar-refractivity contribution in [3.8, 4) is 0 Å².